The van der Waals surface area contributed by atoms with Crippen LogP contribution in [0, 0.1) is 5.92 Å². The third-order valence-electron chi connectivity index (χ3n) is 4.85. The molecule has 0 spiro atoms. The Morgan fingerprint density at radius 2 is 2.08 bits per heavy atom. The Kier molecular flexibility index (Phi) is 5.48. The van der Waals surface area contributed by atoms with Crippen molar-refractivity contribution in [2.45, 2.75) is 51.6 Å². The second kappa shape index (κ2) is 7.78. The molecule has 6 heteroatoms. The molecule has 0 unspecified atom stereocenters. The van der Waals surface area contributed by atoms with Gasteiger partial charge in [-0.3, -0.25) is 4.79 Å². The summed E-state index contributed by atoms with van der Waals surface area (Å²) in [6.45, 7) is 3.86. The van der Waals surface area contributed by atoms with Crippen molar-refractivity contribution < 1.29 is 9.90 Å². The molecule has 1 aliphatic rings. The highest BCUT2D eigenvalue weighted by Gasteiger charge is 2.18. The molecular formula is C19H26N4O2. The van der Waals surface area contributed by atoms with Crippen LogP contribution < -0.4 is 10.6 Å². The number of rotatable bonds is 6. The van der Waals surface area contributed by atoms with Crippen molar-refractivity contribution in [3.63, 3.8) is 0 Å². The third kappa shape index (κ3) is 4.25. The molecule has 3 N–H and O–H groups in total. The first-order valence-electron chi connectivity index (χ1n) is 9.02. The maximum absolute atomic E-state index is 12.4. The van der Waals surface area contributed by atoms with Gasteiger partial charge in [0.25, 0.3) is 5.91 Å². The van der Waals surface area contributed by atoms with Crippen LogP contribution in [0.2, 0.25) is 0 Å². The molecule has 0 saturated heterocycles. The summed E-state index contributed by atoms with van der Waals surface area (Å²) in [6.07, 6.45) is 6.59. The molecule has 25 heavy (non-hydrogen) atoms. The van der Waals surface area contributed by atoms with Gasteiger partial charge in [-0.25, -0.2) is 9.97 Å². The molecule has 1 aromatic carbocycles. The fraction of sp³-hybridized carbons (Fsp3) is 0.526. The average Bonchev–Trinajstić information content (AvgIpc) is 3.11. The number of hydrogen-bond acceptors (Lipinski definition) is 5. The molecule has 0 aliphatic heterocycles. The smallest absolute Gasteiger partial charge is 0.251 e. The summed E-state index contributed by atoms with van der Waals surface area (Å²) < 4.78 is 0. The molecule has 1 fully saturated rings. The van der Waals surface area contributed by atoms with Gasteiger partial charge in [0.1, 0.15) is 0 Å². The van der Waals surface area contributed by atoms with E-state index in [1.54, 1.807) is 18.3 Å². The lowest BCUT2D eigenvalue weighted by molar-refractivity contribution is 0.0897. The fourth-order valence-electron chi connectivity index (χ4n) is 3.16. The number of aromatic nitrogens is 2. The van der Waals surface area contributed by atoms with Crippen molar-refractivity contribution in [3.05, 3.63) is 30.0 Å². The number of carbonyl (C=O) groups is 1. The minimum atomic E-state index is -0.256. The van der Waals surface area contributed by atoms with Crippen molar-refractivity contribution in [2.75, 3.05) is 11.9 Å². The molecule has 3 rings (SSSR count). The van der Waals surface area contributed by atoms with Gasteiger partial charge in [0.05, 0.1) is 18.2 Å². The maximum atomic E-state index is 12.4. The zero-order valence-corrected chi connectivity index (χ0v) is 14.8. The minimum Gasteiger partial charge on any atom is -0.394 e. The Morgan fingerprint density at radius 1 is 1.32 bits per heavy atom. The topological polar surface area (TPSA) is 87.1 Å². The molecule has 134 valence electrons. The molecule has 6 nitrogen and oxygen atoms in total. The molecule has 1 amide bonds. The predicted molar refractivity (Wildman–Crippen MR) is 98.6 cm³/mol. The van der Waals surface area contributed by atoms with E-state index in [-0.39, 0.29) is 24.5 Å². The van der Waals surface area contributed by atoms with Crippen molar-refractivity contribution >= 4 is 22.8 Å². The van der Waals surface area contributed by atoms with E-state index < -0.39 is 0 Å². The van der Waals surface area contributed by atoms with Gasteiger partial charge in [0, 0.05) is 23.2 Å². The number of carbonyl (C=O) groups excluding carboxylic acids is 1. The number of anilines is 1. The van der Waals surface area contributed by atoms with E-state index in [9.17, 15) is 9.90 Å². The largest absolute Gasteiger partial charge is 0.394 e. The summed E-state index contributed by atoms with van der Waals surface area (Å²) in [6, 6.07) is 5.58. The molecular weight excluding hydrogens is 316 g/mol. The van der Waals surface area contributed by atoms with Crippen LogP contribution in [0.25, 0.3) is 10.9 Å². The number of fused-ring (bicyclic) bond motifs is 1. The standard InChI is InChI=1S/C19H26N4O2/c1-12(2)17(11-24)22-18(25)13-7-8-14-10-20-19(23-16(14)9-13)21-15-5-3-4-6-15/h7-10,12,15,17,24H,3-6,11H2,1-2H3,(H,22,25)(H,20,21,23)/t17-/m1/s1. The Labute approximate surface area is 148 Å². The van der Waals surface area contributed by atoms with Gasteiger partial charge in [-0.1, -0.05) is 32.8 Å². The quantitative estimate of drug-likeness (QED) is 0.751. The Hall–Kier alpha value is -2.21. The number of hydrogen-bond donors (Lipinski definition) is 3. The summed E-state index contributed by atoms with van der Waals surface area (Å²) in [4.78, 5) is 21.4. The summed E-state index contributed by atoms with van der Waals surface area (Å²) in [5.74, 6) is 0.588. The molecule has 1 aliphatic carbocycles. The second-order valence-corrected chi connectivity index (χ2v) is 7.10. The monoisotopic (exact) mass is 342 g/mol. The summed E-state index contributed by atoms with van der Waals surface area (Å²) in [7, 11) is 0. The van der Waals surface area contributed by atoms with Crippen LogP contribution in [0.3, 0.4) is 0 Å². The van der Waals surface area contributed by atoms with Crippen LogP contribution >= 0.6 is 0 Å². The predicted octanol–water partition coefficient (Wildman–Crippen LogP) is 2.73. The number of benzene rings is 1. The van der Waals surface area contributed by atoms with Crippen molar-refractivity contribution in [2.24, 2.45) is 5.92 Å². The highest BCUT2D eigenvalue weighted by molar-refractivity contribution is 5.98. The molecule has 1 atom stereocenters. The van der Waals surface area contributed by atoms with Gasteiger partial charge in [0.2, 0.25) is 5.95 Å². The summed E-state index contributed by atoms with van der Waals surface area (Å²) in [5, 5.41) is 16.5. The van der Waals surface area contributed by atoms with E-state index in [0.29, 0.717) is 17.6 Å². The lowest BCUT2D eigenvalue weighted by Crippen LogP contribution is -2.41. The highest BCUT2D eigenvalue weighted by Crippen LogP contribution is 2.22. The normalized spacial score (nSPS) is 16.3. The van der Waals surface area contributed by atoms with Crippen LogP contribution in [0.15, 0.2) is 24.4 Å². The van der Waals surface area contributed by atoms with Crippen molar-refractivity contribution in [3.8, 4) is 0 Å². The molecule has 0 radical (unpaired) electrons. The first-order chi connectivity index (χ1) is 12.1. The van der Waals surface area contributed by atoms with Crippen LogP contribution in [0.5, 0.6) is 0 Å². The van der Waals surface area contributed by atoms with Crippen LogP contribution in [0.1, 0.15) is 49.9 Å². The van der Waals surface area contributed by atoms with E-state index in [1.807, 2.05) is 19.9 Å². The lowest BCUT2D eigenvalue weighted by atomic mass is 10.0. The van der Waals surface area contributed by atoms with Gasteiger partial charge in [0.15, 0.2) is 0 Å². The van der Waals surface area contributed by atoms with Gasteiger partial charge in [-0.05, 0) is 30.9 Å². The van der Waals surface area contributed by atoms with Crippen LogP contribution in [-0.4, -0.2) is 39.7 Å². The van der Waals surface area contributed by atoms with E-state index in [4.69, 9.17) is 0 Å². The average molecular weight is 342 g/mol. The molecule has 2 aromatic rings. The van der Waals surface area contributed by atoms with Gasteiger partial charge in [-0.15, -0.1) is 0 Å². The Bertz CT molecular complexity index is 741. The molecule has 0 bridgehead atoms. The number of amides is 1. The maximum Gasteiger partial charge on any atom is 0.251 e. The second-order valence-electron chi connectivity index (χ2n) is 7.10. The van der Waals surface area contributed by atoms with Gasteiger partial charge >= 0.3 is 0 Å². The third-order valence-corrected chi connectivity index (χ3v) is 4.85. The van der Waals surface area contributed by atoms with Crippen LogP contribution in [0.4, 0.5) is 5.95 Å². The summed E-state index contributed by atoms with van der Waals surface area (Å²) in [5.41, 5.74) is 1.28. The highest BCUT2D eigenvalue weighted by atomic mass is 16.3. The van der Waals surface area contributed by atoms with Crippen LogP contribution in [-0.2, 0) is 0 Å². The zero-order valence-electron chi connectivity index (χ0n) is 14.8. The zero-order chi connectivity index (χ0) is 17.8. The van der Waals surface area contributed by atoms with Crippen molar-refractivity contribution in [1.29, 1.82) is 0 Å². The first-order valence-corrected chi connectivity index (χ1v) is 9.02. The number of nitrogens with one attached hydrogen (secondary N) is 2. The lowest BCUT2D eigenvalue weighted by Gasteiger charge is -2.20. The Balaban J connectivity index is 1.78. The van der Waals surface area contributed by atoms with Gasteiger partial charge in [-0.2, -0.15) is 0 Å². The van der Waals surface area contributed by atoms with E-state index in [1.165, 1.54) is 12.8 Å². The Morgan fingerprint density at radius 3 is 2.76 bits per heavy atom. The van der Waals surface area contributed by atoms with E-state index >= 15 is 0 Å². The molecule has 1 saturated carbocycles. The van der Waals surface area contributed by atoms with Crippen molar-refractivity contribution in [1.82, 2.24) is 15.3 Å². The number of nitrogens with zero attached hydrogens (tertiary/aromatic N) is 2. The van der Waals surface area contributed by atoms with E-state index in [2.05, 4.69) is 20.6 Å². The van der Waals surface area contributed by atoms with E-state index in [0.717, 1.165) is 23.7 Å². The first kappa shape index (κ1) is 17.6. The molecule has 1 heterocycles. The molecule has 1 aromatic heterocycles. The fourth-order valence-corrected chi connectivity index (χ4v) is 3.16. The minimum absolute atomic E-state index is 0.0748. The van der Waals surface area contributed by atoms with Gasteiger partial charge < -0.3 is 15.7 Å². The SMILES string of the molecule is CC(C)[C@@H](CO)NC(=O)c1ccc2cnc(NC3CCCC3)nc2c1. The summed E-state index contributed by atoms with van der Waals surface area (Å²) >= 11 is 0. The number of aliphatic hydroxyl groups excluding tert-OH is 1. The number of aliphatic hydroxyl groups is 1.